The highest BCUT2D eigenvalue weighted by atomic mass is 35.5. The molecule has 2 aromatic rings. The SMILES string of the molecule is CNCC1CCN(C(=O)c2ccc(-c3ccccc3Cl)o2)C1.Cl. The number of likely N-dealkylation sites (tertiary alicyclic amines) is 1. The van der Waals surface area contributed by atoms with Gasteiger partial charge in [0, 0.05) is 18.7 Å². The van der Waals surface area contributed by atoms with E-state index in [1.807, 2.05) is 36.2 Å². The zero-order chi connectivity index (χ0) is 15.5. The van der Waals surface area contributed by atoms with Gasteiger partial charge in [-0.25, -0.2) is 0 Å². The first-order valence-corrected chi connectivity index (χ1v) is 7.85. The molecule has 23 heavy (non-hydrogen) atoms. The summed E-state index contributed by atoms with van der Waals surface area (Å²) in [7, 11) is 1.94. The van der Waals surface area contributed by atoms with Gasteiger partial charge in [-0.15, -0.1) is 12.4 Å². The molecule has 1 unspecified atom stereocenters. The van der Waals surface area contributed by atoms with Gasteiger partial charge >= 0.3 is 0 Å². The molecule has 4 nitrogen and oxygen atoms in total. The predicted molar refractivity (Wildman–Crippen MR) is 94.3 cm³/mol. The highest BCUT2D eigenvalue weighted by Gasteiger charge is 2.28. The number of carbonyl (C=O) groups excluding carboxylic acids is 1. The van der Waals surface area contributed by atoms with Crippen LogP contribution in [0.15, 0.2) is 40.8 Å². The Morgan fingerprint density at radius 1 is 1.35 bits per heavy atom. The number of halogens is 2. The molecule has 2 heterocycles. The lowest BCUT2D eigenvalue weighted by atomic mass is 10.1. The highest BCUT2D eigenvalue weighted by molar-refractivity contribution is 6.33. The Labute approximate surface area is 147 Å². The number of carbonyl (C=O) groups is 1. The highest BCUT2D eigenvalue weighted by Crippen LogP contribution is 2.30. The van der Waals surface area contributed by atoms with Crippen LogP contribution < -0.4 is 5.32 Å². The van der Waals surface area contributed by atoms with Crippen molar-refractivity contribution in [1.82, 2.24) is 10.2 Å². The van der Waals surface area contributed by atoms with Gasteiger partial charge in [0.1, 0.15) is 5.76 Å². The molecule has 124 valence electrons. The standard InChI is InChI=1S/C17H19ClN2O2.ClH/c1-19-10-12-8-9-20(11-12)17(21)16-7-6-15(22-16)13-4-2-3-5-14(13)18;/h2-7,12,19H,8-11H2,1H3;1H. The van der Waals surface area contributed by atoms with Crippen LogP contribution in [-0.2, 0) is 0 Å². The monoisotopic (exact) mass is 354 g/mol. The number of rotatable bonds is 4. The van der Waals surface area contributed by atoms with Crippen LogP contribution in [0.5, 0.6) is 0 Å². The van der Waals surface area contributed by atoms with Gasteiger partial charge in [-0.3, -0.25) is 4.79 Å². The maximum Gasteiger partial charge on any atom is 0.289 e. The van der Waals surface area contributed by atoms with Crippen molar-refractivity contribution >= 4 is 29.9 Å². The van der Waals surface area contributed by atoms with E-state index in [1.165, 1.54) is 0 Å². The average molecular weight is 355 g/mol. The molecule has 1 atom stereocenters. The second kappa shape index (κ2) is 7.86. The predicted octanol–water partition coefficient (Wildman–Crippen LogP) is 3.70. The zero-order valence-corrected chi connectivity index (χ0v) is 14.5. The molecule has 1 amide bonds. The van der Waals surface area contributed by atoms with E-state index in [9.17, 15) is 4.79 Å². The van der Waals surface area contributed by atoms with Crippen molar-refractivity contribution in [3.63, 3.8) is 0 Å². The zero-order valence-electron chi connectivity index (χ0n) is 12.9. The molecular weight excluding hydrogens is 335 g/mol. The number of benzene rings is 1. The molecule has 1 aliphatic heterocycles. The van der Waals surface area contributed by atoms with E-state index < -0.39 is 0 Å². The van der Waals surface area contributed by atoms with Crippen molar-refractivity contribution in [1.29, 1.82) is 0 Å². The molecule has 0 bridgehead atoms. The van der Waals surface area contributed by atoms with E-state index >= 15 is 0 Å². The van der Waals surface area contributed by atoms with Gasteiger partial charge in [-0.2, -0.15) is 0 Å². The number of nitrogens with zero attached hydrogens (tertiary/aromatic N) is 1. The lowest BCUT2D eigenvalue weighted by molar-refractivity contribution is 0.0756. The van der Waals surface area contributed by atoms with Crippen molar-refractivity contribution in [3.8, 4) is 11.3 Å². The summed E-state index contributed by atoms with van der Waals surface area (Å²) in [5, 5.41) is 3.78. The lowest BCUT2D eigenvalue weighted by Crippen LogP contribution is -2.30. The van der Waals surface area contributed by atoms with Gasteiger partial charge in [0.2, 0.25) is 0 Å². The van der Waals surface area contributed by atoms with E-state index in [1.54, 1.807) is 12.1 Å². The topological polar surface area (TPSA) is 45.5 Å². The lowest BCUT2D eigenvalue weighted by Gasteiger charge is -2.14. The Hall–Kier alpha value is -1.49. The van der Waals surface area contributed by atoms with Crippen LogP contribution in [0.2, 0.25) is 5.02 Å². The van der Waals surface area contributed by atoms with Crippen LogP contribution in [0.1, 0.15) is 17.0 Å². The van der Waals surface area contributed by atoms with Crippen LogP contribution in [0.3, 0.4) is 0 Å². The number of hydrogen-bond donors (Lipinski definition) is 1. The molecule has 1 aromatic heterocycles. The minimum Gasteiger partial charge on any atom is -0.451 e. The van der Waals surface area contributed by atoms with E-state index in [4.69, 9.17) is 16.0 Å². The third-order valence-corrected chi connectivity index (χ3v) is 4.35. The molecular formula is C17H20Cl2N2O2. The summed E-state index contributed by atoms with van der Waals surface area (Å²) < 4.78 is 5.73. The second-order valence-electron chi connectivity index (χ2n) is 5.61. The molecule has 1 aromatic carbocycles. The molecule has 1 N–H and O–H groups in total. The Kier molecular flexibility index (Phi) is 6.10. The van der Waals surface area contributed by atoms with Crippen molar-refractivity contribution in [3.05, 3.63) is 47.2 Å². The summed E-state index contributed by atoms with van der Waals surface area (Å²) >= 11 is 6.17. The Morgan fingerprint density at radius 3 is 2.87 bits per heavy atom. The van der Waals surface area contributed by atoms with Gasteiger partial charge < -0.3 is 14.6 Å². The van der Waals surface area contributed by atoms with Crippen molar-refractivity contribution in [2.24, 2.45) is 5.92 Å². The van der Waals surface area contributed by atoms with Gasteiger partial charge in [-0.1, -0.05) is 23.7 Å². The van der Waals surface area contributed by atoms with Crippen molar-refractivity contribution in [2.45, 2.75) is 6.42 Å². The summed E-state index contributed by atoms with van der Waals surface area (Å²) in [5.41, 5.74) is 0.803. The summed E-state index contributed by atoms with van der Waals surface area (Å²) in [6.07, 6.45) is 1.03. The van der Waals surface area contributed by atoms with Crippen molar-refractivity contribution in [2.75, 3.05) is 26.7 Å². The van der Waals surface area contributed by atoms with Gasteiger partial charge in [-0.05, 0) is 50.2 Å². The molecule has 0 saturated carbocycles. The average Bonchev–Trinajstić information content (AvgIpc) is 3.17. The number of hydrogen-bond acceptors (Lipinski definition) is 3. The van der Waals surface area contributed by atoms with Crippen LogP contribution in [-0.4, -0.2) is 37.5 Å². The maximum atomic E-state index is 12.5. The molecule has 1 saturated heterocycles. The van der Waals surface area contributed by atoms with Gasteiger partial charge in [0.25, 0.3) is 5.91 Å². The molecule has 6 heteroatoms. The minimum absolute atomic E-state index is 0. The fourth-order valence-corrected chi connectivity index (χ4v) is 3.12. The quantitative estimate of drug-likeness (QED) is 0.910. The maximum absolute atomic E-state index is 12.5. The smallest absolute Gasteiger partial charge is 0.289 e. The normalized spacial score (nSPS) is 17.1. The first-order chi connectivity index (χ1) is 10.7. The van der Waals surface area contributed by atoms with Crippen LogP contribution in [0.4, 0.5) is 0 Å². The largest absolute Gasteiger partial charge is 0.451 e. The van der Waals surface area contributed by atoms with Crippen molar-refractivity contribution < 1.29 is 9.21 Å². The summed E-state index contributed by atoms with van der Waals surface area (Å²) in [6.45, 7) is 2.50. The summed E-state index contributed by atoms with van der Waals surface area (Å²) in [6, 6.07) is 11.0. The van der Waals surface area contributed by atoms with Gasteiger partial charge in [0.15, 0.2) is 5.76 Å². The molecule has 1 fully saturated rings. The molecule has 0 radical (unpaired) electrons. The first-order valence-electron chi connectivity index (χ1n) is 7.47. The fourth-order valence-electron chi connectivity index (χ4n) is 2.89. The van der Waals surface area contributed by atoms with Crippen LogP contribution in [0, 0.1) is 5.92 Å². The van der Waals surface area contributed by atoms with Crippen LogP contribution in [0.25, 0.3) is 11.3 Å². The molecule has 0 spiro atoms. The Bertz CT molecular complexity index is 672. The molecule has 3 rings (SSSR count). The fraction of sp³-hybridized carbons (Fsp3) is 0.353. The Balaban J connectivity index is 0.00000192. The van der Waals surface area contributed by atoms with Crippen LogP contribution >= 0.6 is 24.0 Å². The third kappa shape index (κ3) is 3.89. The Morgan fingerprint density at radius 2 is 2.13 bits per heavy atom. The molecule has 1 aliphatic rings. The first kappa shape index (κ1) is 17.9. The summed E-state index contributed by atoms with van der Waals surface area (Å²) in [5.74, 6) is 1.48. The number of furan rings is 1. The van der Waals surface area contributed by atoms with E-state index in [-0.39, 0.29) is 18.3 Å². The third-order valence-electron chi connectivity index (χ3n) is 4.02. The number of nitrogens with one attached hydrogen (secondary N) is 1. The second-order valence-corrected chi connectivity index (χ2v) is 6.01. The van der Waals surface area contributed by atoms with E-state index in [0.29, 0.717) is 22.5 Å². The minimum atomic E-state index is -0.0445. The van der Waals surface area contributed by atoms with Gasteiger partial charge in [0.05, 0.1) is 5.02 Å². The number of amides is 1. The van der Waals surface area contributed by atoms with E-state index in [2.05, 4.69) is 5.32 Å². The summed E-state index contributed by atoms with van der Waals surface area (Å²) in [4.78, 5) is 14.4. The molecule has 0 aliphatic carbocycles. The van der Waals surface area contributed by atoms with E-state index in [0.717, 1.165) is 31.6 Å².